The van der Waals surface area contributed by atoms with Gasteiger partial charge >= 0.3 is 6.09 Å². The van der Waals surface area contributed by atoms with E-state index < -0.39 is 21.4 Å². The van der Waals surface area contributed by atoms with Crippen LogP contribution in [0.2, 0.25) is 0 Å². The van der Waals surface area contributed by atoms with Gasteiger partial charge in [-0.25, -0.2) is 14.0 Å². The van der Waals surface area contributed by atoms with E-state index in [-0.39, 0.29) is 5.03 Å². The molecule has 2 N–H and O–H groups in total. The van der Waals surface area contributed by atoms with E-state index in [9.17, 15) is 9.00 Å². The fourth-order valence-electron chi connectivity index (χ4n) is 1.10. The van der Waals surface area contributed by atoms with Crippen LogP contribution in [0.4, 0.5) is 10.5 Å². The molecule has 0 fully saturated rings. The molecule has 1 rings (SSSR count). The predicted molar refractivity (Wildman–Crippen MR) is 69.6 cm³/mol. The molecular formula is C11H17N3O3S. The van der Waals surface area contributed by atoms with Crippen molar-refractivity contribution in [1.29, 1.82) is 0 Å². The molecule has 0 saturated heterocycles. The van der Waals surface area contributed by atoms with E-state index in [1.165, 1.54) is 18.5 Å². The van der Waals surface area contributed by atoms with Gasteiger partial charge in [0.05, 0.1) is 0 Å². The highest BCUT2D eigenvalue weighted by Gasteiger charge is 2.18. The Hall–Kier alpha value is -1.63. The quantitative estimate of drug-likeness (QED) is 0.843. The van der Waals surface area contributed by atoms with Gasteiger partial charge in [0.2, 0.25) is 0 Å². The van der Waals surface area contributed by atoms with E-state index in [2.05, 4.69) is 9.35 Å². The number of nitrogens with zero attached hydrogens (tertiary/aromatic N) is 2. The van der Waals surface area contributed by atoms with E-state index in [0.717, 1.165) is 0 Å². The number of carbonyl (C=O) groups is 1. The van der Waals surface area contributed by atoms with Crippen molar-refractivity contribution >= 4 is 21.5 Å². The number of hydrogen-bond donors (Lipinski definition) is 1. The van der Waals surface area contributed by atoms with E-state index >= 15 is 0 Å². The van der Waals surface area contributed by atoms with Gasteiger partial charge in [0.1, 0.15) is 20.4 Å². The first-order chi connectivity index (χ1) is 8.10. The van der Waals surface area contributed by atoms with Crippen LogP contribution in [0.5, 0.6) is 0 Å². The van der Waals surface area contributed by atoms with Crippen LogP contribution in [0, 0.1) is 0 Å². The van der Waals surface area contributed by atoms with Crippen LogP contribution >= 0.6 is 0 Å². The Bertz CT molecular complexity index is 569. The minimum absolute atomic E-state index is 0.161. The normalized spacial score (nSPS) is 14.7. The van der Waals surface area contributed by atoms with Crippen LogP contribution in [0.15, 0.2) is 27.7 Å². The molecule has 0 aromatic carbocycles. The van der Waals surface area contributed by atoms with Crippen molar-refractivity contribution in [1.82, 2.24) is 4.98 Å². The first kappa shape index (κ1) is 14.4. The molecule has 0 aliphatic rings. The summed E-state index contributed by atoms with van der Waals surface area (Å²) < 4.78 is 20.8. The maximum absolute atomic E-state index is 12.3. The molecule has 0 aliphatic carbocycles. The third-order valence-electron chi connectivity index (χ3n) is 1.79. The summed E-state index contributed by atoms with van der Waals surface area (Å²) in [4.78, 5) is 15.4. The van der Waals surface area contributed by atoms with Crippen molar-refractivity contribution in [3.63, 3.8) is 0 Å². The molecule has 1 aromatic rings. The number of nitrogens with two attached hydrogens (primary N) is 1. The second-order valence-corrected chi connectivity index (χ2v) is 7.01. The average molecular weight is 271 g/mol. The molecule has 100 valence electrons. The fraction of sp³-hybridized carbons (Fsp3) is 0.455. The molecular weight excluding hydrogens is 254 g/mol. The number of hydrogen-bond acceptors (Lipinski definition) is 5. The summed E-state index contributed by atoms with van der Waals surface area (Å²) in [5, 5.41) is 0.161. The molecule has 0 saturated carbocycles. The van der Waals surface area contributed by atoms with Gasteiger partial charge in [-0.1, -0.05) is 0 Å². The topological polar surface area (TPSA) is 94.6 Å². The number of rotatable bonds is 1. The van der Waals surface area contributed by atoms with E-state index in [0.29, 0.717) is 5.69 Å². The van der Waals surface area contributed by atoms with Gasteiger partial charge in [-0.15, -0.1) is 4.36 Å². The van der Waals surface area contributed by atoms with E-state index in [1.54, 1.807) is 26.8 Å². The molecule has 6 nitrogen and oxygen atoms in total. The molecule has 0 unspecified atom stereocenters. The van der Waals surface area contributed by atoms with Crippen LogP contribution in [0.25, 0.3) is 0 Å². The van der Waals surface area contributed by atoms with Crippen LogP contribution < -0.4 is 5.73 Å². The highest BCUT2D eigenvalue weighted by molar-refractivity contribution is 7.93. The van der Waals surface area contributed by atoms with Crippen molar-refractivity contribution < 1.29 is 13.7 Å². The van der Waals surface area contributed by atoms with Crippen LogP contribution in [-0.4, -0.2) is 27.1 Å². The minimum Gasteiger partial charge on any atom is -0.442 e. The standard InChI is InChI=1S/C11H17N3O3S/c1-11(2,3)17-10(15)14-18(4,16)9-7-8(12)5-6-13-9/h5-7H,1-4H3,(H2,12,13)/t18-/m1/s1. The summed E-state index contributed by atoms with van der Waals surface area (Å²) in [6, 6.07) is 2.99. The summed E-state index contributed by atoms with van der Waals surface area (Å²) in [6.45, 7) is 5.12. The number of nitrogen functional groups attached to an aromatic ring is 1. The minimum atomic E-state index is -2.95. The van der Waals surface area contributed by atoms with Gasteiger partial charge in [-0.3, -0.25) is 0 Å². The Balaban J connectivity index is 3.07. The smallest absolute Gasteiger partial charge is 0.442 e. The van der Waals surface area contributed by atoms with Crippen LogP contribution in [0.3, 0.4) is 0 Å². The van der Waals surface area contributed by atoms with E-state index in [4.69, 9.17) is 10.5 Å². The van der Waals surface area contributed by atoms with Gasteiger partial charge in [0.15, 0.2) is 0 Å². The highest BCUT2D eigenvalue weighted by atomic mass is 32.2. The van der Waals surface area contributed by atoms with Crippen molar-refractivity contribution in [2.45, 2.75) is 31.4 Å². The lowest BCUT2D eigenvalue weighted by atomic mass is 10.2. The Morgan fingerprint density at radius 1 is 1.50 bits per heavy atom. The average Bonchev–Trinajstić information content (AvgIpc) is 2.13. The maximum Gasteiger partial charge on any atom is 0.442 e. The summed E-state index contributed by atoms with van der Waals surface area (Å²) >= 11 is 0. The van der Waals surface area contributed by atoms with Crippen LogP contribution in [-0.2, 0) is 14.5 Å². The lowest BCUT2D eigenvalue weighted by Gasteiger charge is -2.17. The van der Waals surface area contributed by atoms with Crippen molar-refractivity contribution in [3.05, 3.63) is 18.3 Å². The molecule has 1 heterocycles. The number of anilines is 1. The maximum atomic E-state index is 12.3. The lowest BCUT2D eigenvalue weighted by molar-refractivity contribution is 0.0607. The fourth-order valence-corrected chi connectivity index (χ4v) is 2.13. The van der Waals surface area contributed by atoms with Gasteiger partial charge in [0.25, 0.3) is 0 Å². The van der Waals surface area contributed by atoms with Gasteiger partial charge in [-0.05, 0) is 32.9 Å². The van der Waals surface area contributed by atoms with Crippen LogP contribution in [0.1, 0.15) is 20.8 Å². The molecule has 0 spiro atoms. The SMILES string of the molecule is CC(C)(C)OC(=O)N=[S@](C)(=O)c1cc(N)ccn1. The molecule has 7 heteroatoms. The largest absolute Gasteiger partial charge is 0.442 e. The van der Waals surface area contributed by atoms with Gasteiger partial charge in [0, 0.05) is 18.1 Å². The molecule has 0 bridgehead atoms. The second-order valence-electron chi connectivity index (χ2n) is 4.80. The Labute approximate surface area is 107 Å². The summed E-state index contributed by atoms with van der Waals surface area (Å²) in [5.41, 5.74) is 5.29. The van der Waals surface area contributed by atoms with E-state index in [1.807, 2.05) is 0 Å². The van der Waals surface area contributed by atoms with Gasteiger partial charge in [-0.2, -0.15) is 0 Å². The van der Waals surface area contributed by atoms with Gasteiger partial charge < -0.3 is 10.5 Å². The number of pyridine rings is 1. The van der Waals surface area contributed by atoms with Crippen molar-refractivity contribution in [3.8, 4) is 0 Å². The zero-order chi connectivity index (χ0) is 14.0. The first-order valence-electron chi connectivity index (χ1n) is 5.27. The number of aromatic nitrogens is 1. The predicted octanol–water partition coefficient (Wildman–Crippen LogP) is 2.06. The molecule has 0 aliphatic heterocycles. The number of carbonyl (C=O) groups excluding carboxylic acids is 1. The third-order valence-corrected chi connectivity index (χ3v) is 3.29. The summed E-state index contributed by atoms with van der Waals surface area (Å²) in [6.07, 6.45) is 1.86. The highest BCUT2D eigenvalue weighted by Crippen LogP contribution is 2.14. The Morgan fingerprint density at radius 3 is 2.61 bits per heavy atom. The first-order valence-corrected chi connectivity index (χ1v) is 7.19. The number of ether oxygens (including phenoxy) is 1. The number of amides is 1. The van der Waals surface area contributed by atoms with Crippen molar-refractivity contribution in [2.24, 2.45) is 4.36 Å². The molecule has 18 heavy (non-hydrogen) atoms. The lowest BCUT2D eigenvalue weighted by Crippen LogP contribution is -2.22. The van der Waals surface area contributed by atoms with Crippen molar-refractivity contribution in [2.75, 3.05) is 12.0 Å². The Kier molecular flexibility index (Phi) is 3.95. The molecule has 1 atom stereocenters. The zero-order valence-corrected chi connectivity index (χ0v) is 11.7. The Morgan fingerprint density at radius 2 is 2.11 bits per heavy atom. The zero-order valence-electron chi connectivity index (χ0n) is 10.8. The molecule has 1 amide bonds. The second kappa shape index (κ2) is 4.93. The third kappa shape index (κ3) is 4.33. The summed E-state index contributed by atoms with van der Waals surface area (Å²) in [7, 11) is -2.95. The molecule has 0 radical (unpaired) electrons. The molecule has 1 aromatic heterocycles. The summed E-state index contributed by atoms with van der Waals surface area (Å²) in [5.74, 6) is 0. The monoisotopic (exact) mass is 271 g/mol.